The number of anilines is 8. The predicted molar refractivity (Wildman–Crippen MR) is 433 cm³/mol. The van der Waals surface area contributed by atoms with Crippen LogP contribution in [0.5, 0.6) is 0 Å². The average molecular weight is 1620 g/mol. The summed E-state index contributed by atoms with van der Waals surface area (Å²) in [5.41, 5.74) is 3.60. The Labute approximate surface area is 679 Å². The molecule has 9 unspecified atom stereocenters. The normalized spacial score (nSPS) is 22.9. The molecule has 4 aliphatic heterocycles. The van der Waals surface area contributed by atoms with Crippen molar-refractivity contribution in [3.8, 4) is 0 Å². The van der Waals surface area contributed by atoms with Gasteiger partial charge in [0.15, 0.2) is 0 Å². The molecule has 24 nitrogen and oxygen atoms in total. The van der Waals surface area contributed by atoms with Crippen molar-refractivity contribution in [3.63, 3.8) is 0 Å². The van der Waals surface area contributed by atoms with Crippen LogP contribution in [-0.2, 0) is 43.8 Å². The fraction of sp³-hybridized carbons (Fsp3) is 0.241. The molecule has 4 bridgehead atoms. The number of halogens is 4. The molecule has 580 valence electrons. The monoisotopic (exact) mass is 1620 g/mol. The molecule has 28 heteroatoms. The number of hydrogen-bond acceptors (Lipinski definition) is 16. The van der Waals surface area contributed by atoms with Gasteiger partial charge < -0.3 is 21.3 Å². The first-order valence-corrected chi connectivity index (χ1v) is 39.0. The van der Waals surface area contributed by atoms with Crippen LogP contribution in [0.3, 0.4) is 0 Å². The number of rotatable bonds is 13. The fourth-order valence-electron chi connectivity index (χ4n) is 17.0. The Balaban J connectivity index is 0.000000121. The largest absolute Gasteiger partial charge is 0.321 e. The summed E-state index contributed by atoms with van der Waals surface area (Å²) in [6, 6.07) is 48.4. The van der Waals surface area contributed by atoms with Crippen molar-refractivity contribution in [1.82, 2.24) is 19.9 Å². The summed E-state index contributed by atoms with van der Waals surface area (Å²) < 4.78 is 0. The first-order valence-electron chi connectivity index (χ1n) is 37.5. The van der Waals surface area contributed by atoms with E-state index in [4.69, 9.17) is 46.4 Å². The standard InChI is InChI=1S/C23H18ClN3O3.C22H18ClN3O3.C21H16ClN3O3.C21H20ClN3O3/c1-23(15-7-3-2-4-8-15)14-20(28)27(22(23)30)19-11-10-16(13-17(19)24)26-21(29)18-9-5-6-12-25-18;23-15-11-14(25-20(27)16-3-1-2-10-24-16)8-9-17(15)26-21(28)18-12-4-5-13(7-6-12)19(18)22(26)29;22-14-10-13(24-19(26)15-3-1-2-8-23-15)6-7-16(14)25-20(27)17-11-4-5-12(9-11)18(17)21(25)28;22-15-12-14(24-19(27)16-6-2-5-11-23-16)7-8-17(15)25-18(26)13-21(20(25)28)9-3-1-4-10-21/h2-13H,14H2,1H3,(H,26,29);1-5,8-13,18-19H,6-7H2,(H,25,27);1-8,10-12,17-18H,9H2,(H,24,26);2,5-8,11-12H,1,3-4,9-10,13H2,(H,24,27). The van der Waals surface area contributed by atoms with E-state index in [0.717, 1.165) is 61.8 Å². The summed E-state index contributed by atoms with van der Waals surface area (Å²) in [6.07, 6.45) is 22.1. The number of hydrogen-bond donors (Lipinski definition) is 4. The van der Waals surface area contributed by atoms with Gasteiger partial charge in [-0.1, -0.05) is 145 Å². The SMILES string of the molecule is CC1(c2ccccc2)CC(=O)N(c2ccc(NC(=O)c3ccccn3)cc2Cl)C1=O.O=C(Nc1ccc(N2C(=O)C3C4C=CC(C4)C3C2=O)c(Cl)c1)c1ccccn1.O=C(Nc1ccc(N2C(=O)C3C4C=CC(CC4)C3C2=O)c(Cl)c1)c1ccccn1.O=C(Nc1ccc(N2C(=O)CC3(CCCCC3)C2=O)c(Cl)c1)c1ccccn1. The van der Waals surface area contributed by atoms with Crippen molar-refractivity contribution in [2.75, 3.05) is 40.9 Å². The Hall–Kier alpha value is -12.2. The molecule has 3 saturated carbocycles. The second-order valence-electron chi connectivity index (χ2n) is 29.7. The number of pyridine rings is 4. The van der Waals surface area contributed by atoms with Gasteiger partial charge in [0, 0.05) is 60.4 Å². The van der Waals surface area contributed by atoms with Crippen LogP contribution in [0, 0.1) is 52.8 Å². The summed E-state index contributed by atoms with van der Waals surface area (Å²) in [5.74, 6) is -3.78. The van der Waals surface area contributed by atoms with Gasteiger partial charge in [-0.3, -0.25) is 77.5 Å². The van der Waals surface area contributed by atoms with Crippen LogP contribution in [0.25, 0.3) is 0 Å². The maximum absolute atomic E-state index is 13.2. The molecule has 10 aliphatic rings. The van der Waals surface area contributed by atoms with Crippen LogP contribution in [0.1, 0.15) is 119 Å². The molecule has 9 atom stereocenters. The highest BCUT2D eigenvalue weighted by Gasteiger charge is 2.61. The Bertz CT molecular complexity index is 5450. The molecule has 4 aromatic heterocycles. The van der Waals surface area contributed by atoms with Gasteiger partial charge in [-0.15, -0.1) is 0 Å². The maximum atomic E-state index is 13.2. The Morgan fingerprint density at radius 3 is 1.01 bits per heavy atom. The fourth-order valence-corrected chi connectivity index (χ4v) is 18.1. The molecule has 4 saturated heterocycles. The van der Waals surface area contributed by atoms with E-state index in [1.807, 2.05) is 30.3 Å². The van der Waals surface area contributed by atoms with Gasteiger partial charge >= 0.3 is 0 Å². The van der Waals surface area contributed by atoms with E-state index in [1.165, 1.54) is 45.6 Å². The number of aromatic nitrogens is 4. The van der Waals surface area contributed by atoms with Crippen LogP contribution in [0.2, 0.25) is 20.1 Å². The third-order valence-corrected chi connectivity index (χ3v) is 23.9. The lowest BCUT2D eigenvalue weighted by Crippen LogP contribution is -2.38. The number of carbonyl (C=O) groups is 12. The third kappa shape index (κ3) is 15.4. The predicted octanol–water partition coefficient (Wildman–Crippen LogP) is 15.4. The molecular formula is C87H72Cl4N12O12. The minimum Gasteiger partial charge on any atom is -0.321 e. The van der Waals surface area contributed by atoms with E-state index in [-0.39, 0.29) is 174 Å². The summed E-state index contributed by atoms with van der Waals surface area (Å²) in [4.78, 5) is 173. The number of imide groups is 4. The Morgan fingerprint density at radius 1 is 0.365 bits per heavy atom. The molecule has 12 amide bonds. The van der Waals surface area contributed by atoms with E-state index in [9.17, 15) is 57.5 Å². The molecule has 8 heterocycles. The molecule has 115 heavy (non-hydrogen) atoms. The number of carbonyl (C=O) groups excluding carboxylic acids is 12. The Morgan fingerprint density at radius 2 is 0.678 bits per heavy atom. The van der Waals surface area contributed by atoms with Gasteiger partial charge in [-0.2, -0.15) is 0 Å². The Kier molecular flexibility index (Phi) is 22.2. The summed E-state index contributed by atoms with van der Waals surface area (Å²) in [5, 5.41) is 11.8. The number of fused-ring (bicyclic) bond motifs is 6. The van der Waals surface area contributed by atoms with Crippen LogP contribution in [0.15, 0.2) is 225 Å². The van der Waals surface area contributed by atoms with Crippen molar-refractivity contribution in [2.24, 2.45) is 52.8 Å². The van der Waals surface area contributed by atoms with Gasteiger partial charge in [-0.25, -0.2) is 19.6 Å². The lowest BCUT2D eigenvalue weighted by molar-refractivity contribution is -0.127. The summed E-state index contributed by atoms with van der Waals surface area (Å²) >= 11 is 25.6. The molecular weight excluding hydrogens is 1550 g/mol. The van der Waals surface area contributed by atoms with E-state index in [2.05, 4.69) is 65.5 Å². The van der Waals surface area contributed by atoms with Crippen LogP contribution in [0.4, 0.5) is 45.5 Å². The highest BCUT2D eigenvalue weighted by atomic mass is 35.5. The quantitative estimate of drug-likeness (QED) is 0.0616. The zero-order valence-corrected chi connectivity index (χ0v) is 64.6. The van der Waals surface area contributed by atoms with Crippen LogP contribution in [-0.4, -0.2) is 90.8 Å². The lowest BCUT2D eigenvalue weighted by Gasteiger charge is -2.38. The zero-order chi connectivity index (χ0) is 80.6. The minimum absolute atomic E-state index is 0.0599. The summed E-state index contributed by atoms with van der Waals surface area (Å²) in [7, 11) is 0. The van der Waals surface area contributed by atoms with E-state index in [1.54, 1.807) is 146 Å². The van der Waals surface area contributed by atoms with Gasteiger partial charge in [0.2, 0.25) is 47.3 Å². The number of allylic oxidation sites excluding steroid dienone is 4. The van der Waals surface area contributed by atoms with E-state index < -0.39 is 10.8 Å². The van der Waals surface area contributed by atoms with Crippen LogP contribution >= 0.6 is 46.4 Å². The first kappa shape index (κ1) is 78.1. The van der Waals surface area contributed by atoms with Crippen LogP contribution < -0.4 is 40.9 Å². The minimum atomic E-state index is -0.951. The molecule has 6 aliphatic carbocycles. The van der Waals surface area contributed by atoms with E-state index in [0.29, 0.717) is 45.5 Å². The van der Waals surface area contributed by atoms with Crippen molar-refractivity contribution in [1.29, 1.82) is 0 Å². The molecule has 5 aromatic carbocycles. The van der Waals surface area contributed by atoms with Gasteiger partial charge in [0.25, 0.3) is 23.6 Å². The first-order chi connectivity index (χ1) is 55.5. The van der Waals surface area contributed by atoms with Gasteiger partial charge in [-0.05, 0) is 190 Å². The third-order valence-electron chi connectivity index (χ3n) is 22.7. The van der Waals surface area contributed by atoms with Crippen molar-refractivity contribution in [2.45, 2.75) is 76.5 Å². The number of benzene rings is 5. The molecule has 9 aromatic rings. The molecule has 1 spiro atoms. The molecule has 0 radical (unpaired) electrons. The molecule has 4 N–H and O–H groups in total. The van der Waals surface area contributed by atoms with Crippen molar-refractivity contribution < 1.29 is 57.5 Å². The number of amides is 12. The van der Waals surface area contributed by atoms with E-state index >= 15 is 0 Å². The second kappa shape index (κ2) is 32.7. The van der Waals surface area contributed by atoms with Crippen molar-refractivity contribution in [3.05, 3.63) is 273 Å². The smallest absolute Gasteiger partial charge is 0.274 e. The molecule has 19 rings (SSSR count). The zero-order valence-electron chi connectivity index (χ0n) is 61.5. The number of nitrogens with zero attached hydrogens (tertiary/aromatic N) is 8. The second-order valence-corrected chi connectivity index (χ2v) is 31.3. The average Bonchev–Trinajstić information content (AvgIpc) is 1.56. The number of nitrogens with one attached hydrogen (secondary N) is 4. The molecule has 7 fully saturated rings. The van der Waals surface area contributed by atoms with Crippen molar-refractivity contribution >= 4 is 163 Å². The van der Waals surface area contributed by atoms with Gasteiger partial charge in [0.05, 0.1) is 77.3 Å². The maximum Gasteiger partial charge on any atom is 0.274 e. The highest BCUT2D eigenvalue weighted by Crippen LogP contribution is 2.55. The lowest BCUT2D eigenvalue weighted by atomic mass is 9.63. The topological polar surface area (TPSA) is 317 Å². The summed E-state index contributed by atoms with van der Waals surface area (Å²) in [6.45, 7) is 1.76. The highest BCUT2D eigenvalue weighted by molar-refractivity contribution is 6.39. The van der Waals surface area contributed by atoms with Gasteiger partial charge in [0.1, 0.15) is 22.8 Å².